The molecule has 0 aliphatic carbocycles. The Morgan fingerprint density at radius 1 is 1.39 bits per heavy atom. The van der Waals surface area contributed by atoms with Crippen molar-refractivity contribution in [2.24, 2.45) is 10.6 Å². The number of nitrogens with one attached hydrogen (secondary N) is 1. The minimum atomic E-state index is -1.51. The highest BCUT2D eigenvalue weighted by molar-refractivity contribution is 5.75. The third-order valence-corrected chi connectivity index (χ3v) is 3.27. The minimum absolute atomic E-state index is 0.0880. The van der Waals surface area contributed by atoms with Crippen LogP contribution < -0.4 is 11.2 Å². The Kier molecular flexibility index (Phi) is 4.59. The highest BCUT2D eigenvalue weighted by Crippen LogP contribution is 2.30. The van der Waals surface area contributed by atoms with Gasteiger partial charge in [-0.15, -0.1) is 0 Å². The molecule has 1 aliphatic rings. The van der Waals surface area contributed by atoms with Crippen LogP contribution in [0.3, 0.4) is 0 Å². The van der Waals surface area contributed by atoms with E-state index in [1.807, 2.05) is 0 Å². The summed E-state index contributed by atoms with van der Waals surface area (Å²) in [5, 5.41) is 31.4. The van der Waals surface area contributed by atoms with Gasteiger partial charge < -0.3 is 24.9 Å². The number of aromatic amines is 1. The van der Waals surface area contributed by atoms with Crippen molar-refractivity contribution in [3.63, 3.8) is 0 Å². The van der Waals surface area contributed by atoms with Gasteiger partial charge in [-0.05, 0) is 20.8 Å². The molecule has 0 unspecified atom stereocenters. The minimum Gasteiger partial charge on any atom is -0.432 e. The lowest BCUT2D eigenvalue weighted by Gasteiger charge is -2.21. The van der Waals surface area contributed by atoms with Gasteiger partial charge in [0.15, 0.2) is 11.7 Å². The van der Waals surface area contributed by atoms with E-state index in [0.29, 0.717) is 0 Å². The van der Waals surface area contributed by atoms with Gasteiger partial charge in [-0.1, -0.05) is 5.16 Å². The van der Waals surface area contributed by atoms with Crippen molar-refractivity contribution in [2.45, 2.75) is 45.5 Å². The number of esters is 1. The molecule has 4 atom stereocenters. The summed E-state index contributed by atoms with van der Waals surface area (Å²) in [6.45, 7) is 4.88. The van der Waals surface area contributed by atoms with Gasteiger partial charge in [0.25, 0.3) is 0 Å². The largest absolute Gasteiger partial charge is 0.432 e. The maximum absolute atomic E-state index is 11.9. The summed E-state index contributed by atoms with van der Waals surface area (Å²) in [6.07, 6.45) is -4.46. The van der Waals surface area contributed by atoms with Crippen molar-refractivity contribution < 1.29 is 29.7 Å². The van der Waals surface area contributed by atoms with Gasteiger partial charge in [0.05, 0.1) is 5.41 Å². The van der Waals surface area contributed by atoms with Crippen LogP contribution >= 0.6 is 0 Å². The molecule has 1 fully saturated rings. The average Bonchev–Trinajstić information content (AvgIpc) is 2.74. The highest BCUT2D eigenvalue weighted by Gasteiger charge is 2.47. The summed E-state index contributed by atoms with van der Waals surface area (Å²) in [5.74, 6) is -0.622. The van der Waals surface area contributed by atoms with Crippen LogP contribution in [0.4, 0.5) is 0 Å². The number of hydrogen-bond donors (Lipinski definition) is 4. The van der Waals surface area contributed by atoms with Gasteiger partial charge in [0, 0.05) is 12.3 Å². The second-order valence-corrected chi connectivity index (χ2v) is 6.17. The number of ether oxygens (including phenoxy) is 2. The number of carbonyl (C=O) groups is 1. The molecule has 0 aromatic carbocycles. The first-order chi connectivity index (χ1) is 10.6. The van der Waals surface area contributed by atoms with Crippen LogP contribution in [-0.2, 0) is 14.3 Å². The summed E-state index contributed by atoms with van der Waals surface area (Å²) in [7, 11) is 0. The lowest BCUT2D eigenvalue weighted by atomic mass is 9.97. The van der Waals surface area contributed by atoms with Crippen LogP contribution in [0.15, 0.2) is 22.2 Å². The fraction of sp³-hybridized carbons (Fsp3) is 0.615. The maximum Gasteiger partial charge on any atom is 0.329 e. The van der Waals surface area contributed by atoms with Gasteiger partial charge in [-0.2, -0.15) is 0 Å². The molecule has 4 N–H and O–H groups in total. The lowest BCUT2D eigenvalue weighted by Crippen LogP contribution is -2.38. The predicted octanol–water partition coefficient (Wildman–Crippen LogP) is -1.37. The molecule has 1 saturated heterocycles. The summed E-state index contributed by atoms with van der Waals surface area (Å²) >= 11 is 0. The smallest absolute Gasteiger partial charge is 0.329 e. The molecule has 10 nitrogen and oxygen atoms in total. The number of rotatable bonds is 2. The van der Waals surface area contributed by atoms with Crippen LogP contribution in [0.2, 0.25) is 0 Å². The Labute approximate surface area is 130 Å². The van der Waals surface area contributed by atoms with E-state index in [2.05, 4.69) is 10.1 Å². The van der Waals surface area contributed by atoms with Crippen LogP contribution in [0.5, 0.6) is 0 Å². The summed E-state index contributed by atoms with van der Waals surface area (Å²) in [6, 6.07) is 1.26. The van der Waals surface area contributed by atoms with E-state index in [-0.39, 0.29) is 5.49 Å². The normalized spacial score (nSPS) is 28.8. The van der Waals surface area contributed by atoms with Crippen molar-refractivity contribution in [2.75, 3.05) is 0 Å². The van der Waals surface area contributed by atoms with Gasteiger partial charge in [0.2, 0.25) is 6.29 Å². The van der Waals surface area contributed by atoms with Crippen LogP contribution in [0.1, 0.15) is 27.0 Å². The van der Waals surface area contributed by atoms with Gasteiger partial charge in [-0.3, -0.25) is 14.3 Å². The number of carbonyl (C=O) groups excluding carboxylic acids is 1. The summed E-state index contributed by atoms with van der Waals surface area (Å²) < 4.78 is 11.3. The Morgan fingerprint density at radius 2 is 2.04 bits per heavy atom. The number of H-pyrrole nitrogens is 1. The quantitative estimate of drug-likeness (QED) is 0.297. The zero-order valence-corrected chi connectivity index (χ0v) is 12.8. The molecule has 0 radical (unpaired) electrons. The third-order valence-electron chi connectivity index (χ3n) is 3.27. The molecule has 0 saturated carbocycles. The molecule has 23 heavy (non-hydrogen) atoms. The topological polar surface area (TPSA) is 146 Å². The molecule has 1 aromatic rings. The molecule has 0 bridgehead atoms. The molecule has 0 amide bonds. The van der Waals surface area contributed by atoms with E-state index in [4.69, 9.17) is 14.7 Å². The van der Waals surface area contributed by atoms with E-state index < -0.39 is 41.8 Å². The highest BCUT2D eigenvalue weighted by atomic mass is 16.7. The fourth-order valence-corrected chi connectivity index (χ4v) is 1.93. The van der Waals surface area contributed by atoms with Crippen molar-refractivity contribution in [3.05, 3.63) is 28.2 Å². The zero-order chi connectivity index (χ0) is 17.4. The fourth-order valence-electron chi connectivity index (χ4n) is 1.93. The molecular weight excluding hydrogens is 310 g/mol. The van der Waals surface area contributed by atoms with E-state index in [9.17, 15) is 19.8 Å². The number of aliphatic hydroxyl groups is 2. The first kappa shape index (κ1) is 17.2. The Morgan fingerprint density at radius 3 is 2.57 bits per heavy atom. The molecule has 128 valence electrons. The molecular formula is C13H19N3O7. The van der Waals surface area contributed by atoms with Gasteiger partial charge in [0.1, 0.15) is 12.2 Å². The third kappa shape index (κ3) is 3.44. The van der Waals surface area contributed by atoms with E-state index in [1.54, 1.807) is 20.8 Å². The van der Waals surface area contributed by atoms with Gasteiger partial charge in [-0.25, -0.2) is 4.79 Å². The van der Waals surface area contributed by atoms with Crippen LogP contribution in [0, 0.1) is 5.41 Å². The van der Waals surface area contributed by atoms with Crippen molar-refractivity contribution in [1.29, 1.82) is 0 Å². The van der Waals surface area contributed by atoms with Crippen LogP contribution in [0.25, 0.3) is 0 Å². The van der Waals surface area contributed by atoms with Crippen molar-refractivity contribution in [1.82, 2.24) is 9.55 Å². The Hall–Kier alpha value is -2.17. The molecule has 0 spiro atoms. The molecule has 2 heterocycles. The number of hydrogen-bond acceptors (Lipinski definition) is 8. The second kappa shape index (κ2) is 6.14. The maximum atomic E-state index is 11.9. The van der Waals surface area contributed by atoms with Crippen molar-refractivity contribution in [3.8, 4) is 0 Å². The number of aromatic nitrogens is 2. The first-order valence-corrected chi connectivity index (χ1v) is 6.87. The number of nitrogens with zero attached hydrogens (tertiary/aromatic N) is 2. The Balaban J connectivity index is 2.23. The summed E-state index contributed by atoms with van der Waals surface area (Å²) in [4.78, 5) is 26.0. The monoisotopic (exact) mass is 329 g/mol. The lowest BCUT2D eigenvalue weighted by molar-refractivity contribution is -0.201. The average molecular weight is 329 g/mol. The van der Waals surface area contributed by atoms with E-state index in [0.717, 1.165) is 4.57 Å². The van der Waals surface area contributed by atoms with Crippen molar-refractivity contribution >= 4 is 5.97 Å². The SMILES string of the molecule is CC(C)(C)C(=O)O[C@H]1O[C@@H](n2ccc(=NO)[nH]c2=O)[C@H](O)[C@@H]1O. The van der Waals surface area contributed by atoms with E-state index >= 15 is 0 Å². The molecule has 1 aromatic heterocycles. The van der Waals surface area contributed by atoms with Gasteiger partial charge >= 0.3 is 11.7 Å². The Bertz CT molecular complexity index is 703. The number of aliphatic hydroxyl groups excluding tert-OH is 2. The summed E-state index contributed by atoms with van der Waals surface area (Å²) in [5.41, 5.74) is -1.64. The second-order valence-electron chi connectivity index (χ2n) is 6.17. The standard InChI is InChI=1S/C13H19N3O7/c1-13(2,3)11(19)23-10-8(18)7(17)9(22-10)16-5-4-6(15-21)14-12(16)20/h4-5,7-10,17-18,21H,1-3H3,(H,14,15,20)/t7-,8+,9-,10-/m1/s1. The molecule has 10 heteroatoms. The first-order valence-electron chi connectivity index (χ1n) is 6.87. The predicted molar refractivity (Wildman–Crippen MR) is 73.9 cm³/mol. The molecule has 2 rings (SSSR count). The van der Waals surface area contributed by atoms with E-state index in [1.165, 1.54) is 12.3 Å². The zero-order valence-electron chi connectivity index (χ0n) is 12.8. The molecule has 1 aliphatic heterocycles. The van der Waals surface area contributed by atoms with Crippen LogP contribution in [-0.4, -0.2) is 49.4 Å².